The zero-order valence-corrected chi connectivity index (χ0v) is 10.3. The molecule has 0 N–H and O–H groups in total. The van der Waals surface area contributed by atoms with E-state index in [1.165, 1.54) is 32.1 Å². The fourth-order valence-electron chi connectivity index (χ4n) is 1.77. The molecule has 0 aliphatic rings. The summed E-state index contributed by atoms with van der Waals surface area (Å²) in [4.78, 5) is 11.6. The zero-order chi connectivity index (χ0) is 11.0. The van der Waals surface area contributed by atoms with Crippen LogP contribution in [0, 0.1) is 11.8 Å². The van der Waals surface area contributed by atoms with Gasteiger partial charge in [-0.25, -0.2) is 0 Å². The van der Waals surface area contributed by atoms with Crippen LogP contribution in [0.5, 0.6) is 0 Å². The van der Waals surface area contributed by atoms with Crippen LogP contribution < -0.4 is 0 Å². The minimum absolute atomic E-state index is 0.209. The highest BCUT2D eigenvalue weighted by Gasteiger charge is 2.15. The van der Waals surface area contributed by atoms with Crippen molar-refractivity contribution in [2.24, 2.45) is 11.8 Å². The van der Waals surface area contributed by atoms with Gasteiger partial charge in [0.2, 0.25) is 0 Å². The molecule has 1 unspecified atom stereocenters. The lowest BCUT2D eigenvalue weighted by molar-refractivity contribution is -0.125. The molecule has 0 saturated carbocycles. The standard InChI is InChI=1S/C13H26O/c1-5-6-7-8-9-10-12(4)13(14)11(2)3/h11-12H,5-10H2,1-4H3. The summed E-state index contributed by atoms with van der Waals surface area (Å²) in [6.45, 7) is 8.29. The predicted molar refractivity (Wildman–Crippen MR) is 62.4 cm³/mol. The molecule has 0 bridgehead atoms. The summed E-state index contributed by atoms with van der Waals surface area (Å²) in [5.41, 5.74) is 0. The molecule has 84 valence electrons. The van der Waals surface area contributed by atoms with E-state index >= 15 is 0 Å². The second-order valence-electron chi connectivity index (χ2n) is 4.66. The summed E-state index contributed by atoms with van der Waals surface area (Å²) in [5.74, 6) is 0.915. The molecule has 0 radical (unpaired) electrons. The van der Waals surface area contributed by atoms with E-state index in [0.717, 1.165) is 6.42 Å². The van der Waals surface area contributed by atoms with Crippen molar-refractivity contribution in [2.45, 2.75) is 66.2 Å². The number of ketones is 1. The summed E-state index contributed by atoms with van der Waals surface area (Å²) in [6.07, 6.45) is 7.57. The molecule has 1 atom stereocenters. The molecule has 0 heterocycles. The Bertz CT molecular complexity index is 149. The fourth-order valence-corrected chi connectivity index (χ4v) is 1.77. The Kier molecular flexibility index (Phi) is 7.83. The van der Waals surface area contributed by atoms with Crippen LogP contribution in [0.25, 0.3) is 0 Å². The molecule has 0 saturated heterocycles. The van der Waals surface area contributed by atoms with Gasteiger partial charge in [0.25, 0.3) is 0 Å². The van der Waals surface area contributed by atoms with Crippen LogP contribution in [0.4, 0.5) is 0 Å². The van der Waals surface area contributed by atoms with Crippen molar-refractivity contribution in [3.8, 4) is 0 Å². The van der Waals surface area contributed by atoms with Gasteiger partial charge in [0.1, 0.15) is 5.78 Å². The molecule has 0 aliphatic heterocycles. The van der Waals surface area contributed by atoms with Crippen LogP contribution in [-0.2, 0) is 4.79 Å². The summed E-state index contributed by atoms with van der Waals surface area (Å²) in [5, 5.41) is 0. The van der Waals surface area contributed by atoms with Crippen LogP contribution in [-0.4, -0.2) is 5.78 Å². The Hall–Kier alpha value is -0.330. The van der Waals surface area contributed by atoms with E-state index in [-0.39, 0.29) is 11.8 Å². The van der Waals surface area contributed by atoms with Gasteiger partial charge in [0.15, 0.2) is 0 Å². The van der Waals surface area contributed by atoms with E-state index < -0.39 is 0 Å². The van der Waals surface area contributed by atoms with Gasteiger partial charge in [-0.2, -0.15) is 0 Å². The maximum absolute atomic E-state index is 11.6. The maximum Gasteiger partial charge on any atom is 0.138 e. The van der Waals surface area contributed by atoms with Gasteiger partial charge in [-0.15, -0.1) is 0 Å². The zero-order valence-electron chi connectivity index (χ0n) is 10.3. The Balaban J connectivity index is 3.44. The van der Waals surface area contributed by atoms with Crippen molar-refractivity contribution in [1.29, 1.82) is 0 Å². The number of hydrogen-bond acceptors (Lipinski definition) is 1. The van der Waals surface area contributed by atoms with Gasteiger partial charge in [-0.3, -0.25) is 4.79 Å². The lowest BCUT2D eigenvalue weighted by Gasteiger charge is -2.12. The van der Waals surface area contributed by atoms with Gasteiger partial charge < -0.3 is 0 Å². The van der Waals surface area contributed by atoms with Gasteiger partial charge in [-0.1, -0.05) is 59.8 Å². The normalized spacial score (nSPS) is 13.2. The molecule has 0 aromatic rings. The van der Waals surface area contributed by atoms with Crippen LogP contribution in [0.1, 0.15) is 66.2 Å². The minimum atomic E-state index is 0.209. The predicted octanol–water partition coefficient (Wildman–Crippen LogP) is 4.21. The van der Waals surface area contributed by atoms with Gasteiger partial charge >= 0.3 is 0 Å². The molecule has 1 nitrogen and oxygen atoms in total. The summed E-state index contributed by atoms with van der Waals surface area (Å²) >= 11 is 0. The molecule has 0 fully saturated rings. The number of carbonyl (C=O) groups is 1. The molecule has 0 rings (SSSR count). The summed E-state index contributed by atoms with van der Waals surface area (Å²) in [6, 6.07) is 0. The highest BCUT2D eigenvalue weighted by Crippen LogP contribution is 2.15. The van der Waals surface area contributed by atoms with Gasteiger partial charge in [-0.05, 0) is 6.42 Å². The lowest BCUT2D eigenvalue weighted by Crippen LogP contribution is -2.16. The van der Waals surface area contributed by atoms with Crippen molar-refractivity contribution in [3.05, 3.63) is 0 Å². The Morgan fingerprint density at radius 3 is 2.07 bits per heavy atom. The first-order chi connectivity index (χ1) is 6.59. The number of carbonyl (C=O) groups excluding carboxylic acids is 1. The highest BCUT2D eigenvalue weighted by molar-refractivity contribution is 5.82. The van der Waals surface area contributed by atoms with Crippen molar-refractivity contribution in [2.75, 3.05) is 0 Å². The van der Waals surface area contributed by atoms with E-state index in [0.29, 0.717) is 5.78 Å². The number of rotatable bonds is 8. The third-order valence-corrected chi connectivity index (χ3v) is 2.80. The van der Waals surface area contributed by atoms with E-state index in [2.05, 4.69) is 13.8 Å². The molecule has 0 aromatic carbocycles. The smallest absolute Gasteiger partial charge is 0.138 e. The van der Waals surface area contributed by atoms with Crippen LogP contribution in [0.15, 0.2) is 0 Å². The molecule has 14 heavy (non-hydrogen) atoms. The maximum atomic E-state index is 11.6. The Labute approximate surface area is 89.3 Å². The van der Waals surface area contributed by atoms with Gasteiger partial charge in [0, 0.05) is 11.8 Å². The quantitative estimate of drug-likeness (QED) is 0.534. The Morgan fingerprint density at radius 2 is 1.57 bits per heavy atom. The lowest BCUT2D eigenvalue weighted by atomic mass is 9.92. The van der Waals surface area contributed by atoms with Crippen LogP contribution in [0.3, 0.4) is 0 Å². The third-order valence-electron chi connectivity index (χ3n) is 2.80. The average Bonchev–Trinajstić information content (AvgIpc) is 2.16. The van der Waals surface area contributed by atoms with Crippen LogP contribution in [0.2, 0.25) is 0 Å². The summed E-state index contributed by atoms with van der Waals surface area (Å²) in [7, 11) is 0. The van der Waals surface area contributed by atoms with Crippen molar-refractivity contribution in [3.63, 3.8) is 0 Å². The van der Waals surface area contributed by atoms with E-state index in [9.17, 15) is 4.79 Å². The number of hydrogen-bond donors (Lipinski definition) is 0. The third kappa shape index (κ3) is 6.17. The average molecular weight is 198 g/mol. The number of unbranched alkanes of at least 4 members (excludes halogenated alkanes) is 4. The SMILES string of the molecule is CCCCCCCC(C)C(=O)C(C)C. The minimum Gasteiger partial charge on any atom is -0.299 e. The largest absolute Gasteiger partial charge is 0.299 e. The molecule has 0 aliphatic carbocycles. The molecule has 0 spiro atoms. The van der Waals surface area contributed by atoms with Gasteiger partial charge in [0.05, 0.1) is 0 Å². The first-order valence-corrected chi connectivity index (χ1v) is 6.13. The van der Waals surface area contributed by atoms with E-state index in [1.807, 2.05) is 13.8 Å². The number of Topliss-reactive ketones (excluding diaryl/α,β-unsaturated/α-hetero) is 1. The topological polar surface area (TPSA) is 17.1 Å². The molecular weight excluding hydrogens is 172 g/mol. The molecule has 0 aromatic heterocycles. The molecule has 1 heteroatoms. The first-order valence-electron chi connectivity index (χ1n) is 6.13. The van der Waals surface area contributed by atoms with E-state index in [1.54, 1.807) is 0 Å². The molecule has 0 amide bonds. The fraction of sp³-hybridized carbons (Fsp3) is 0.923. The van der Waals surface area contributed by atoms with Crippen molar-refractivity contribution >= 4 is 5.78 Å². The second-order valence-corrected chi connectivity index (χ2v) is 4.66. The van der Waals surface area contributed by atoms with Crippen molar-refractivity contribution in [1.82, 2.24) is 0 Å². The Morgan fingerprint density at radius 1 is 1.00 bits per heavy atom. The van der Waals surface area contributed by atoms with Crippen LogP contribution >= 0.6 is 0 Å². The second kappa shape index (κ2) is 8.02. The van der Waals surface area contributed by atoms with E-state index in [4.69, 9.17) is 0 Å². The summed E-state index contributed by atoms with van der Waals surface area (Å²) < 4.78 is 0. The first kappa shape index (κ1) is 13.7. The highest BCUT2D eigenvalue weighted by atomic mass is 16.1. The van der Waals surface area contributed by atoms with Crippen molar-refractivity contribution < 1.29 is 4.79 Å². The molecular formula is C13H26O. The monoisotopic (exact) mass is 198 g/mol.